The largest absolute Gasteiger partial charge is 0.489 e. The topological polar surface area (TPSA) is 50.8 Å². The number of amides is 1. The number of anilines is 2. The van der Waals surface area contributed by atoms with Crippen molar-refractivity contribution in [2.24, 2.45) is 0 Å². The summed E-state index contributed by atoms with van der Waals surface area (Å²) in [5.41, 5.74) is 1.90. The van der Waals surface area contributed by atoms with E-state index in [2.05, 4.69) is 10.2 Å². The van der Waals surface area contributed by atoms with Crippen LogP contribution in [0.3, 0.4) is 0 Å². The Morgan fingerprint density at radius 1 is 1.30 bits per heavy atom. The van der Waals surface area contributed by atoms with Gasteiger partial charge in [-0.05, 0) is 25.0 Å². The molecule has 1 saturated heterocycles. The molecule has 0 spiro atoms. The lowest BCUT2D eigenvalue weighted by atomic mass is 10.0. The molecular weight excluding hydrogens is 256 g/mol. The molecule has 0 unspecified atom stereocenters. The lowest BCUT2D eigenvalue weighted by Gasteiger charge is -2.39. The molecule has 0 radical (unpaired) electrons. The van der Waals surface area contributed by atoms with Crippen molar-refractivity contribution >= 4 is 17.3 Å². The second kappa shape index (κ2) is 5.71. The van der Waals surface area contributed by atoms with Crippen molar-refractivity contribution in [2.45, 2.75) is 25.8 Å². The van der Waals surface area contributed by atoms with E-state index in [1.54, 1.807) is 0 Å². The molecule has 20 heavy (non-hydrogen) atoms. The van der Waals surface area contributed by atoms with Gasteiger partial charge in [0.1, 0.15) is 12.4 Å². The van der Waals surface area contributed by atoms with Gasteiger partial charge < -0.3 is 19.7 Å². The molecule has 2 heterocycles. The number of fused-ring (bicyclic) bond motifs is 1. The molecule has 0 aliphatic carbocycles. The van der Waals surface area contributed by atoms with Crippen LogP contribution in [0.4, 0.5) is 11.4 Å². The summed E-state index contributed by atoms with van der Waals surface area (Å²) in [5.74, 6) is 0.788. The van der Waals surface area contributed by atoms with Crippen LogP contribution >= 0.6 is 0 Å². The Labute approximate surface area is 118 Å². The zero-order valence-corrected chi connectivity index (χ0v) is 11.7. The van der Waals surface area contributed by atoms with Crippen molar-refractivity contribution in [3.05, 3.63) is 18.2 Å². The normalized spacial score (nSPS) is 19.1. The van der Waals surface area contributed by atoms with Gasteiger partial charge in [-0.15, -0.1) is 0 Å². The van der Waals surface area contributed by atoms with Gasteiger partial charge in [0, 0.05) is 37.9 Å². The molecular formula is C15H20N2O3. The molecule has 0 aromatic heterocycles. The fourth-order valence-corrected chi connectivity index (χ4v) is 2.90. The van der Waals surface area contributed by atoms with E-state index in [4.69, 9.17) is 9.47 Å². The summed E-state index contributed by atoms with van der Waals surface area (Å²) >= 11 is 0. The molecule has 0 saturated carbocycles. The maximum Gasteiger partial charge on any atom is 0.221 e. The number of benzene rings is 1. The van der Waals surface area contributed by atoms with Crippen molar-refractivity contribution in [1.29, 1.82) is 0 Å². The lowest BCUT2D eigenvalue weighted by molar-refractivity contribution is -0.114. The third-order valence-corrected chi connectivity index (χ3v) is 3.81. The standard InChI is InChI=1S/C15H20N2O3/c1-11(18)16-12-2-3-14-15(10-12)20-9-6-17(14)13-4-7-19-8-5-13/h2-3,10,13H,4-9H2,1H3,(H,16,18). The smallest absolute Gasteiger partial charge is 0.221 e. The van der Waals surface area contributed by atoms with Crippen LogP contribution in [0, 0.1) is 0 Å². The fraction of sp³-hybridized carbons (Fsp3) is 0.533. The van der Waals surface area contributed by atoms with E-state index in [1.807, 2.05) is 18.2 Å². The SMILES string of the molecule is CC(=O)Nc1ccc2c(c1)OCCN2C1CCOCC1. The predicted octanol–water partition coefficient (Wildman–Crippen LogP) is 2.02. The van der Waals surface area contributed by atoms with Crippen molar-refractivity contribution in [3.8, 4) is 5.75 Å². The molecule has 3 rings (SSSR count). The summed E-state index contributed by atoms with van der Waals surface area (Å²) in [6.07, 6.45) is 2.12. The Balaban J connectivity index is 1.83. The van der Waals surface area contributed by atoms with E-state index in [1.165, 1.54) is 6.92 Å². The highest BCUT2D eigenvalue weighted by molar-refractivity contribution is 5.89. The van der Waals surface area contributed by atoms with Crippen LogP contribution in [0.2, 0.25) is 0 Å². The number of hydrogen-bond acceptors (Lipinski definition) is 4. The minimum absolute atomic E-state index is 0.0676. The monoisotopic (exact) mass is 276 g/mol. The summed E-state index contributed by atoms with van der Waals surface area (Å²) in [7, 11) is 0. The second-order valence-corrected chi connectivity index (χ2v) is 5.25. The number of carbonyl (C=O) groups is 1. The first-order valence-corrected chi connectivity index (χ1v) is 7.13. The van der Waals surface area contributed by atoms with E-state index in [0.717, 1.165) is 49.7 Å². The van der Waals surface area contributed by atoms with Gasteiger partial charge in [-0.25, -0.2) is 0 Å². The molecule has 0 bridgehead atoms. The minimum Gasteiger partial charge on any atom is -0.489 e. The summed E-state index contributed by atoms with van der Waals surface area (Å²) in [4.78, 5) is 13.5. The third kappa shape index (κ3) is 2.72. The van der Waals surface area contributed by atoms with E-state index < -0.39 is 0 Å². The Kier molecular flexibility index (Phi) is 3.78. The van der Waals surface area contributed by atoms with Gasteiger partial charge in [0.05, 0.1) is 12.2 Å². The molecule has 1 N–H and O–H groups in total. The molecule has 1 fully saturated rings. The number of nitrogens with zero attached hydrogens (tertiary/aromatic N) is 1. The van der Waals surface area contributed by atoms with Crippen LogP contribution in [0.15, 0.2) is 18.2 Å². The van der Waals surface area contributed by atoms with Gasteiger partial charge >= 0.3 is 0 Å². The zero-order chi connectivity index (χ0) is 13.9. The van der Waals surface area contributed by atoms with Crippen LogP contribution in [0.5, 0.6) is 5.75 Å². The lowest BCUT2D eigenvalue weighted by Crippen LogP contribution is -2.44. The molecule has 2 aliphatic heterocycles. The summed E-state index contributed by atoms with van der Waals surface area (Å²) in [6.45, 7) is 4.78. The van der Waals surface area contributed by atoms with Crippen molar-refractivity contribution in [1.82, 2.24) is 0 Å². The van der Waals surface area contributed by atoms with Gasteiger partial charge in [-0.3, -0.25) is 4.79 Å². The molecule has 0 atom stereocenters. The number of ether oxygens (including phenoxy) is 2. The first-order valence-electron chi connectivity index (χ1n) is 7.13. The van der Waals surface area contributed by atoms with E-state index in [0.29, 0.717) is 12.6 Å². The average Bonchev–Trinajstić information content (AvgIpc) is 2.46. The molecule has 2 aliphatic rings. The van der Waals surface area contributed by atoms with Crippen LogP contribution in [-0.2, 0) is 9.53 Å². The van der Waals surface area contributed by atoms with Gasteiger partial charge in [-0.2, -0.15) is 0 Å². The van der Waals surface area contributed by atoms with Crippen LogP contribution in [-0.4, -0.2) is 38.3 Å². The Bertz CT molecular complexity index is 498. The second-order valence-electron chi connectivity index (χ2n) is 5.25. The third-order valence-electron chi connectivity index (χ3n) is 3.81. The average molecular weight is 276 g/mol. The summed E-state index contributed by atoms with van der Waals surface area (Å²) in [5, 5.41) is 2.79. The zero-order valence-electron chi connectivity index (χ0n) is 11.7. The van der Waals surface area contributed by atoms with Gasteiger partial charge in [-0.1, -0.05) is 0 Å². The number of hydrogen-bond donors (Lipinski definition) is 1. The van der Waals surface area contributed by atoms with Crippen molar-refractivity contribution in [2.75, 3.05) is 36.6 Å². The predicted molar refractivity (Wildman–Crippen MR) is 77.4 cm³/mol. The number of nitrogens with one attached hydrogen (secondary N) is 1. The molecule has 5 heteroatoms. The Morgan fingerprint density at radius 3 is 2.85 bits per heavy atom. The van der Waals surface area contributed by atoms with Crippen molar-refractivity contribution < 1.29 is 14.3 Å². The molecule has 5 nitrogen and oxygen atoms in total. The van der Waals surface area contributed by atoms with Crippen LogP contribution < -0.4 is 15.0 Å². The highest BCUT2D eigenvalue weighted by atomic mass is 16.5. The van der Waals surface area contributed by atoms with Crippen LogP contribution in [0.1, 0.15) is 19.8 Å². The van der Waals surface area contributed by atoms with Crippen LogP contribution in [0.25, 0.3) is 0 Å². The molecule has 1 aromatic rings. The van der Waals surface area contributed by atoms with E-state index in [-0.39, 0.29) is 5.91 Å². The fourth-order valence-electron chi connectivity index (χ4n) is 2.90. The highest BCUT2D eigenvalue weighted by Gasteiger charge is 2.26. The quantitative estimate of drug-likeness (QED) is 0.898. The maximum atomic E-state index is 11.1. The Hall–Kier alpha value is -1.75. The Morgan fingerprint density at radius 2 is 2.10 bits per heavy atom. The van der Waals surface area contributed by atoms with E-state index >= 15 is 0 Å². The molecule has 108 valence electrons. The van der Waals surface area contributed by atoms with Gasteiger partial charge in [0.25, 0.3) is 0 Å². The number of carbonyl (C=O) groups excluding carboxylic acids is 1. The summed E-state index contributed by atoms with van der Waals surface area (Å²) in [6, 6.07) is 6.40. The molecule has 1 amide bonds. The number of rotatable bonds is 2. The molecule has 1 aromatic carbocycles. The first kappa shape index (κ1) is 13.2. The van der Waals surface area contributed by atoms with Crippen molar-refractivity contribution in [3.63, 3.8) is 0 Å². The highest BCUT2D eigenvalue weighted by Crippen LogP contribution is 2.36. The maximum absolute atomic E-state index is 11.1. The van der Waals surface area contributed by atoms with Gasteiger partial charge in [0.2, 0.25) is 5.91 Å². The summed E-state index contributed by atoms with van der Waals surface area (Å²) < 4.78 is 11.2. The van der Waals surface area contributed by atoms with E-state index in [9.17, 15) is 4.79 Å². The van der Waals surface area contributed by atoms with Gasteiger partial charge in [0.15, 0.2) is 0 Å². The first-order chi connectivity index (χ1) is 9.74. The minimum atomic E-state index is -0.0676.